The summed E-state index contributed by atoms with van der Waals surface area (Å²) in [6, 6.07) is -0.802. The molecule has 6 heteroatoms. The molecule has 0 aromatic carbocycles. The fourth-order valence-corrected chi connectivity index (χ4v) is 2.02. The van der Waals surface area contributed by atoms with Gasteiger partial charge in [-0.2, -0.15) is 5.10 Å². The molecule has 0 bridgehead atoms. The molecule has 106 valence electrons. The zero-order valence-electron chi connectivity index (χ0n) is 11.9. The second-order valence-electron chi connectivity index (χ2n) is 4.64. The molecule has 1 aromatic heterocycles. The molecule has 1 atom stereocenters. The van der Waals surface area contributed by atoms with Gasteiger partial charge in [-0.25, -0.2) is 4.79 Å². The number of hydrogen-bond donors (Lipinski definition) is 2. The van der Waals surface area contributed by atoms with E-state index in [0.29, 0.717) is 12.8 Å². The van der Waals surface area contributed by atoms with Crippen molar-refractivity contribution < 1.29 is 14.7 Å². The van der Waals surface area contributed by atoms with Crippen molar-refractivity contribution in [3.63, 3.8) is 0 Å². The van der Waals surface area contributed by atoms with Crippen molar-refractivity contribution in [3.05, 3.63) is 17.0 Å². The second kappa shape index (κ2) is 6.36. The number of carbonyl (C=O) groups is 2. The van der Waals surface area contributed by atoms with Crippen LogP contribution in [0.2, 0.25) is 0 Å². The topological polar surface area (TPSA) is 84.2 Å². The molecule has 1 amide bonds. The van der Waals surface area contributed by atoms with Crippen LogP contribution in [-0.4, -0.2) is 32.8 Å². The molecule has 1 rings (SSSR count). The number of amides is 1. The van der Waals surface area contributed by atoms with E-state index in [2.05, 4.69) is 10.4 Å². The van der Waals surface area contributed by atoms with Gasteiger partial charge in [-0.1, -0.05) is 6.92 Å². The first kappa shape index (κ1) is 15.2. The number of rotatable bonds is 6. The van der Waals surface area contributed by atoms with Gasteiger partial charge in [0.15, 0.2) is 0 Å². The lowest BCUT2D eigenvalue weighted by molar-refractivity contribution is -0.141. The number of carbonyl (C=O) groups excluding carboxylic acids is 1. The molecular formula is C13H21N3O3. The summed E-state index contributed by atoms with van der Waals surface area (Å²) in [5.74, 6) is -1.23. The number of aryl methyl sites for hydroxylation is 2. The monoisotopic (exact) mass is 267 g/mol. The lowest BCUT2D eigenvalue weighted by Crippen LogP contribution is -2.40. The van der Waals surface area contributed by atoms with Crippen LogP contribution >= 0.6 is 0 Å². The van der Waals surface area contributed by atoms with Crippen LogP contribution in [-0.2, 0) is 23.1 Å². The van der Waals surface area contributed by atoms with Crippen LogP contribution in [0, 0.1) is 13.8 Å². The largest absolute Gasteiger partial charge is 0.480 e. The minimum Gasteiger partial charge on any atom is -0.480 e. The molecule has 6 nitrogen and oxygen atoms in total. The molecule has 0 aliphatic rings. The summed E-state index contributed by atoms with van der Waals surface area (Å²) in [6.07, 6.45) is 1.23. The average molecular weight is 267 g/mol. The molecule has 0 saturated carbocycles. The Kier molecular flexibility index (Phi) is 5.09. The molecule has 0 spiro atoms. The van der Waals surface area contributed by atoms with Crippen LogP contribution in [0.25, 0.3) is 0 Å². The molecule has 2 N–H and O–H groups in total. The van der Waals surface area contributed by atoms with Crippen LogP contribution in [0.4, 0.5) is 0 Å². The van der Waals surface area contributed by atoms with E-state index in [1.807, 2.05) is 20.9 Å². The van der Waals surface area contributed by atoms with Crippen molar-refractivity contribution in [2.24, 2.45) is 7.05 Å². The number of carboxylic acids is 1. The van der Waals surface area contributed by atoms with Crippen molar-refractivity contribution in [1.82, 2.24) is 15.1 Å². The maximum atomic E-state index is 11.7. The third kappa shape index (κ3) is 3.81. The molecule has 1 unspecified atom stereocenters. The first-order valence-electron chi connectivity index (χ1n) is 6.38. The second-order valence-corrected chi connectivity index (χ2v) is 4.64. The van der Waals surface area contributed by atoms with Gasteiger partial charge < -0.3 is 10.4 Å². The Morgan fingerprint density at radius 3 is 2.47 bits per heavy atom. The third-order valence-corrected chi connectivity index (χ3v) is 3.30. The van der Waals surface area contributed by atoms with Gasteiger partial charge in [0, 0.05) is 19.2 Å². The van der Waals surface area contributed by atoms with Gasteiger partial charge in [0.05, 0.1) is 5.69 Å². The molecule has 0 fully saturated rings. The fraction of sp³-hybridized carbons (Fsp3) is 0.615. The summed E-state index contributed by atoms with van der Waals surface area (Å²) >= 11 is 0. The van der Waals surface area contributed by atoms with Crippen LogP contribution in [0.15, 0.2) is 0 Å². The van der Waals surface area contributed by atoms with Crippen molar-refractivity contribution in [3.8, 4) is 0 Å². The highest BCUT2D eigenvalue weighted by molar-refractivity contribution is 5.83. The number of hydrogen-bond acceptors (Lipinski definition) is 3. The van der Waals surface area contributed by atoms with E-state index in [9.17, 15) is 9.59 Å². The Labute approximate surface area is 112 Å². The number of aliphatic carboxylic acids is 1. The van der Waals surface area contributed by atoms with E-state index in [-0.39, 0.29) is 12.3 Å². The van der Waals surface area contributed by atoms with Gasteiger partial charge in [-0.3, -0.25) is 9.48 Å². The molecule has 0 aliphatic heterocycles. The summed E-state index contributed by atoms with van der Waals surface area (Å²) in [7, 11) is 1.86. The van der Waals surface area contributed by atoms with Crippen molar-refractivity contribution in [1.29, 1.82) is 0 Å². The van der Waals surface area contributed by atoms with Gasteiger partial charge in [-0.15, -0.1) is 0 Å². The van der Waals surface area contributed by atoms with E-state index in [0.717, 1.165) is 17.0 Å². The predicted molar refractivity (Wildman–Crippen MR) is 70.9 cm³/mol. The summed E-state index contributed by atoms with van der Waals surface area (Å²) in [5, 5.41) is 15.7. The third-order valence-electron chi connectivity index (χ3n) is 3.30. The smallest absolute Gasteiger partial charge is 0.326 e. The van der Waals surface area contributed by atoms with Gasteiger partial charge in [0.25, 0.3) is 0 Å². The lowest BCUT2D eigenvalue weighted by Gasteiger charge is -2.12. The minimum absolute atomic E-state index is 0.239. The summed E-state index contributed by atoms with van der Waals surface area (Å²) in [6.45, 7) is 5.60. The van der Waals surface area contributed by atoms with Gasteiger partial charge >= 0.3 is 5.97 Å². The molecule has 0 saturated heterocycles. The quantitative estimate of drug-likeness (QED) is 0.803. The van der Waals surface area contributed by atoms with Crippen molar-refractivity contribution in [2.45, 2.75) is 46.1 Å². The average Bonchev–Trinajstić information content (AvgIpc) is 2.58. The van der Waals surface area contributed by atoms with Gasteiger partial charge in [0.2, 0.25) is 5.91 Å². The Bertz CT molecular complexity index is 480. The van der Waals surface area contributed by atoms with E-state index in [4.69, 9.17) is 5.11 Å². The summed E-state index contributed by atoms with van der Waals surface area (Å²) in [4.78, 5) is 22.5. The Morgan fingerprint density at radius 2 is 2.05 bits per heavy atom. The molecule has 1 heterocycles. The van der Waals surface area contributed by atoms with Crippen molar-refractivity contribution in [2.75, 3.05) is 0 Å². The standard InChI is InChI=1S/C13H21N3O3/c1-5-11(13(18)19)14-12(17)7-6-10-8(2)15-16(4)9(10)3/h11H,5-7H2,1-4H3,(H,14,17)(H,18,19). The minimum atomic E-state index is -0.996. The fourth-order valence-electron chi connectivity index (χ4n) is 2.02. The summed E-state index contributed by atoms with van der Waals surface area (Å²) < 4.78 is 1.79. The van der Waals surface area contributed by atoms with E-state index in [1.165, 1.54) is 0 Å². The maximum Gasteiger partial charge on any atom is 0.326 e. The lowest BCUT2D eigenvalue weighted by atomic mass is 10.1. The van der Waals surface area contributed by atoms with Crippen LogP contribution in [0.1, 0.15) is 36.7 Å². The molecule has 19 heavy (non-hydrogen) atoms. The number of nitrogens with zero attached hydrogens (tertiary/aromatic N) is 2. The highest BCUT2D eigenvalue weighted by atomic mass is 16.4. The first-order chi connectivity index (χ1) is 8.86. The van der Waals surface area contributed by atoms with Crippen LogP contribution < -0.4 is 5.32 Å². The number of nitrogens with one attached hydrogen (secondary N) is 1. The maximum absolute atomic E-state index is 11.7. The Balaban J connectivity index is 2.57. The van der Waals surface area contributed by atoms with E-state index in [1.54, 1.807) is 11.6 Å². The van der Waals surface area contributed by atoms with E-state index < -0.39 is 12.0 Å². The molecule has 0 radical (unpaired) electrons. The number of carboxylic acid groups (broad SMARTS) is 1. The van der Waals surface area contributed by atoms with Crippen LogP contribution in [0.3, 0.4) is 0 Å². The first-order valence-corrected chi connectivity index (χ1v) is 6.38. The highest BCUT2D eigenvalue weighted by Crippen LogP contribution is 2.13. The Hall–Kier alpha value is -1.85. The van der Waals surface area contributed by atoms with Gasteiger partial charge in [-0.05, 0) is 32.3 Å². The number of aromatic nitrogens is 2. The summed E-state index contributed by atoms with van der Waals surface area (Å²) in [5.41, 5.74) is 3.01. The normalized spacial score (nSPS) is 12.2. The zero-order valence-corrected chi connectivity index (χ0v) is 11.9. The Morgan fingerprint density at radius 1 is 1.42 bits per heavy atom. The van der Waals surface area contributed by atoms with Crippen molar-refractivity contribution >= 4 is 11.9 Å². The highest BCUT2D eigenvalue weighted by Gasteiger charge is 2.18. The molecule has 0 aliphatic carbocycles. The van der Waals surface area contributed by atoms with E-state index >= 15 is 0 Å². The molecule has 1 aromatic rings. The van der Waals surface area contributed by atoms with Crippen LogP contribution in [0.5, 0.6) is 0 Å². The SMILES string of the molecule is CCC(NC(=O)CCc1c(C)nn(C)c1C)C(=O)O. The predicted octanol–water partition coefficient (Wildman–Crippen LogP) is 0.949. The van der Waals surface area contributed by atoms with Gasteiger partial charge in [0.1, 0.15) is 6.04 Å². The molecular weight excluding hydrogens is 246 g/mol. The zero-order chi connectivity index (χ0) is 14.6.